The molecule has 2 N–H and O–H groups in total. The van der Waals surface area contributed by atoms with Gasteiger partial charge in [0.25, 0.3) is 10.1 Å². The SMILES string of the molecule is C=C(C)C(=O)NCCC[N+](C)(C)CCCCCCCCCS(=O)(=O)O. The van der Waals surface area contributed by atoms with Crippen molar-refractivity contribution in [2.24, 2.45) is 0 Å². The number of hydrogen-bond donors (Lipinski definition) is 2. The van der Waals surface area contributed by atoms with Gasteiger partial charge in [-0.25, -0.2) is 0 Å². The van der Waals surface area contributed by atoms with Crippen molar-refractivity contribution >= 4 is 16.0 Å². The first-order valence-corrected chi connectivity index (χ1v) is 10.9. The quantitative estimate of drug-likeness (QED) is 0.199. The Morgan fingerprint density at radius 3 is 1.96 bits per heavy atom. The van der Waals surface area contributed by atoms with Crippen LogP contribution in [0.2, 0.25) is 0 Å². The van der Waals surface area contributed by atoms with E-state index in [2.05, 4.69) is 26.0 Å². The van der Waals surface area contributed by atoms with E-state index in [1.165, 1.54) is 19.3 Å². The van der Waals surface area contributed by atoms with E-state index in [1.54, 1.807) is 6.92 Å². The molecule has 25 heavy (non-hydrogen) atoms. The molecule has 0 aliphatic carbocycles. The lowest BCUT2D eigenvalue weighted by Crippen LogP contribution is -2.42. The van der Waals surface area contributed by atoms with E-state index >= 15 is 0 Å². The second kappa shape index (κ2) is 12.4. The third-order valence-corrected chi connectivity index (χ3v) is 5.08. The standard InChI is InChI=1S/C18H36N2O4S/c1-17(2)18(21)19-13-12-15-20(3,4)14-10-8-6-5-7-9-11-16-25(22,23)24/h1,5-16H2,2-4H3,(H-,19,21,22,23,24)/p+1. The van der Waals surface area contributed by atoms with Crippen LogP contribution in [0.5, 0.6) is 0 Å². The summed E-state index contributed by atoms with van der Waals surface area (Å²) in [6, 6.07) is 0. The molecule has 0 aromatic carbocycles. The molecule has 7 heteroatoms. The number of amides is 1. The summed E-state index contributed by atoms with van der Waals surface area (Å²) >= 11 is 0. The molecule has 0 atom stereocenters. The number of hydrogen-bond acceptors (Lipinski definition) is 3. The molecule has 0 aliphatic rings. The summed E-state index contributed by atoms with van der Waals surface area (Å²) < 4.78 is 30.8. The molecule has 0 rings (SSSR count). The van der Waals surface area contributed by atoms with Gasteiger partial charge in [-0.3, -0.25) is 9.35 Å². The first kappa shape index (κ1) is 24.1. The predicted molar refractivity (Wildman–Crippen MR) is 103 cm³/mol. The highest BCUT2D eigenvalue weighted by molar-refractivity contribution is 7.85. The van der Waals surface area contributed by atoms with Crippen LogP contribution in [-0.4, -0.2) is 62.8 Å². The van der Waals surface area contributed by atoms with Crippen LogP contribution in [0.25, 0.3) is 0 Å². The average Bonchev–Trinajstić information content (AvgIpc) is 2.48. The van der Waals surface area contributed by atoms with Crippen molar-refractivity contribution < 1.29 is 22.2 Å². The van der Waals surface area contributed by atoms with Crippen LogP contribution < -0.4 is 5.32 Å². The Hall–Kier alpha value is -0.920. The zero-order valence-electron chi connectivity index (χ0n) is 16.2. The maximum absolute atomic E-state index is 11.4. The van der Waals surface area contributed by atoms with Gasteiger partial charge >= 0.3 is 0 Å². The van der Waals surface area contributed by atoms with Gasteiger partial charge in [0.1, 0.15) is 0 Å². The number of carbonyl (C=O) groups excluding carboxylic acids is 1. The van der Waals surface area contributed by atoms with Gasteiger partial charge in [0.2, 0.25) is 5.91 Å². The Morgan fingerprint density at radius 2 is 1.44 bits per heavy atom. The number of rotatable bonds is 15. The van der Waals surface area contributed by atoms with Gasteiger partial charge in [-0.2, -0.15) is 8.42 Å². The van der Waals surface area contributed by atoms with Gasteiger partial charge in [-0.15, -0.1) is 0 Å². The lowest BCUT2D eigenvalue weighted by atomic mass is 10.1. The summed E-state index contributed by atoms with van der Waals surface area (Å²) in [4.78, 5) is 11.4. The Labute approximate surface area is 154 Å². The van der Waals surface area contributed by atoms with Crippen LogP contribution in [0.1, 0.15) is 58.3 Å². The number of carbonyl (C=O) groups is 1. The lowest BCUT2D eigenvalue weighted by molar-refractivity contribution is -0.890. The van der Waals surface area contributed by atoms with Crippen LogP contribution >= 0.6 is 0 Å². The summed E-state index contributed by atoms with van der Waals surface area (Å²) in [7, 11) is 0.646. The third-order valence-electron chi connectivity index (χ3n) is 4.28. The fraction of sp³-hybridized carbons (Fsp3) is 0.833. The highest BCUT2D eigenvalue weighted by Crippen LogP contribution is 2.10. The molecule has 0 unspecified atom stereocenters. The van der Waals surface area contributed by atoms with E-state index in [1.807, 2.05) is 0 Å². The zero-order valence-corrected chi connectivity index (χ0v) is 17.0. The highest BCUT2D eigenvalue weighted by Gasteiger charge is 2.14. The Morgan fingerprint density at radius 1 is 0.960 bits per heavy atom. The fourth-order valence-corrected chi connectivity index (χ4v) is 3.25. The van der Waals surface area contributed by atoms with Gasteiger partial charge < -0.3 is 9.80 Å². The molecule has 1 amide bonds. The first-order valence-electron chi connectivity index (χ1n) is 9.24. The molecular weight excluding hydrogens is 340 g/mol. The van der Waals surface area contributed by atoms with Crippen molar-refractivity contribution in [3.05, 3.63) is 12.2 Å². The van der Waals surface area contributed by atoms with Gasteiger partial charge in [-0.05, 0) is 26.2 Å². The molecule has 0 spiro atoms. The summed E-state index contributed by atoms with van der Waals surface area (Å²) in [5.41, 5.74) is 0.548. The van der Waals surface area contributed by atoms with Crippen LogP contribution in [0.3, 0.4) is 0 Å². The van der Waals surface area contributed by atoms with Gasteiger partial charge in [-0.1, -0.05) is 32.3 Å². The van der Waals surface area contributed by atoms with Crippen molar-refractivity contribution in [2.75, 3.05) is 39.5 Å². The second-order valence-corrected chi connectivity index (χ2v) is 9.11. The molecular formula is C18H37N2O4S+. The molecule has 0 saturated carbocycles. The molecule has 0 aromatic rings. The molecule has 0 heterocycles. The molecule has 0 aromatic heterocycles. The normalized spacial score (nSPS) is 12.2. The Balaban J connectivity index is 3.56. The number of unbranched alkanes of at least 4 members (excludes halogenated alkanes) is 6. The molecule has 0 aliphatic heterocycles. The minimum Gasteiger partial charge on any atom is -0.352 e. The third kappa shape index (κ3) is 16.3. The zero-order chi connectivity index (χ0) is 19.3. The monoisotopic (exact) mass is 377 g/mol. The lowest BCUT2D eigenvalue weighted by Gasteiger charge is -2.30. The summed E-state index contributed by atoms with van der Waals surface area (Å²) in [5.74, 6) is -0.187. The average molecular weight is 378 g/mol. The van der Waals surface area contributed by atoms with Crippen molar-refractivity contribution in [1.82, 2.24) is 5.32 Å². The molecule has 6 nitrogen and oxygen atoms in total. The summed E-state index contributed by atoms with van der Waals surface area (Å²) in [6.07, 6.45) is 8.03. The Bertz CT molecular complexity index is 501. The van der Waals surface area contributed by atoms with Gasteiger partial charge in [0.05, 0.1) is 32.9 Å². The maximum atomic E-state index is 11.4. The predicted octanol–water partition coefficient (Wildman–Crippen LogP) is 2.76. The Kier molecular flexibility index (Phi) is 12.0. The maximum Gasteiger partial charge on any atom is 0.264 e. The fourth-order valence-electron chi connectivity index (χ4n) is 2.68. The van der Waals surface area contributed by atoms with E-state index in [4.69, 9.17) is 4.55 Å². The molecule has 0 saturated heterocycles. The second-order valence-electron chi connectivity index (χ2n) is 7.53. The summed E-state index contributed by atoms with van der Waals surface area (Å²) in [6.45, 7) is 8.18. The minimum atomic E-state index is -3.79. The molecule has 0 radical (unpaired) electrons. The highest BCUT2D eigenvalue weighted by atomic mass is 32.2. The van der Waals surface area contributed by atoms with Crippen molar-refractivity contribution in [1.29, 1.82) is 0 Å². The van der Waals surface area contributed by atoms with E-state index in [0.717, 1.165) is 43.3 Å². The topological polar surface area (TPSA) is 83.5 Å². The van der Waals surface area contributed by atoms with Crippen LogP contribution in [-0.2, 0) is 14.9 Å². The van der Waals surface area contributed by atoms with Crippen LogP contribution in [0.4, 0.5) is 0 Å². The van der Waals surface area contributed by atoms with E-state index < -0.39 is 10.1 Å². The van der Waals surface area contributed by atoms with Gasteiger partial charge in [0.15, 0.2) is 0 Å². The first-order chi connectivity index (χ1) is 11.5. The number of nitrogens with zero attached hydrogens (tertiary/aromatic N) is 1. The van der Waals surface area contributed by atoms with Crippen LogP contribution in [0.15, 0.2) is 12.2 Å². The van der Waals surface area contributed by atoms with Crippen molar-refractivity contribution in [3.8, 4) is 0 Å². The minimum absolute atomic E-state index is 0.0677. The van der Waals surface area contributed by atoms with E-state index in [0.29, 0.717) is 18.5 Å². The number of quaternary nitrogens is 1. The van der Waals surface area contributed by atoms with E-state index in [-0.39, 0.29) is 11.7 Å². The molecule has 148 valence electrons. The van der Waals surface area contributed by atoms with Crippen molar-refractivity contribution in [3.63, 3.8) is 0 Å². The number of nitrogens with one attached hydrogen (secondary N) is 1. The molecule has 0 bridgehead atoms. The van der Waals surface area contributed by atoms with E-state index in [9.17, 15) is 13.2 Å². The van der Waals surface area contributed by atoms with Crippen molar-refractivity contribution in [2.45, 2.75) is 58.3 Å². The smallest absolute Gasteiger partial charge is 0.264 e. The van der Waals surface area contributed by atoms with Crippen LogP contribution in [0, 0.1) is 0 Å². The molecule has 0 fully saturated rings. The summed E-state index contributed by atoms with van der Waals surface area (Å²) in [5, 5.41) is 2.86. The van der Waals surface area contributed by atoms with Gasteiger partial charge in [0, 0.05) is 18.5 Å². The largest absolute Gasteiger partial charge is 0.352 e.